The smallest absolute Gasteiger partial charge is 0.123 e. The zero-order chi connectivity index (χ0) is 18.5. The Bertz CT molecular complexity index is 971. The lowest BCUT2D eigenvalue weighted by atomic mass is 10.2. The third-order valence-corrected chi connectivity index (χ3v) is 5.08. The number of benzene rings is 1. The first-order valence-corrected chi connectivity index (χ1v) is 9.57. The molecule has 3 heterocycles. The summed E-state index contributed by atoms with van der Waals surface area (Å²) in [5.74, 6) is -0.246. The van der Waals surface area contributed by atoms with Crippen molar-refractivity contribution in [3.63, 3.8) is 0 Å². The van der Waals surface area contributed by atoms with Gasteiger partial charge in [-0.15, -0.1) is 23.7 Å². The molecule has 0 spiro atoms. The van der Waals surface area contributed by atoms with Gasteiger partial charge in [-0.2, -0.15) is 5.10 Å². The van der Waals surface area contributed by atoms with Gasteiger partial charge in [0, 0.05) is 48.7 Å². The van der Waals surface area contributed by atoms with Crippen LogP contribution in [0.5, 0.6) is 0 Å². The molecule has 144 valence electrons. The molecule has 7 heteroatoms. The van der Waals surface area contributed by atoms with E-state index in [2.05, 4.69) is 38.6 Å². The quantitative estimate of drug-likeness (QED) is 0.422. The van der Waals surface area contributed by atoms with Gasteiger partial charge in [-0.05, 0) is 47.3 Å². The number of nitrogens with zero attached hydrogens (tertiary/aromatic N) is 4. The van der Waals surface area contributed by atoms with Crippen LogP contribution in [0.1, 0.15) is 16.0 Å². The number of aromatic nitrogens is 3. The van der Waals surface area contributed by atoms with Crippen molar-refractivity contribution in [2.24, 2.45) is 0 Å². The zero-order valence-electron chi connectivity index (χ0n) is 15.1. The second-order valence-corrected chi connectivity index (χ2v) is 7.39. The molecule has 3 aromatic heterocycles. The molecule has 4 aromatic rings. The number of hydrogen-bond donors (Lipinski definition) is 0. The highest BCUT2D eigenvalue weighted by Crippen LogP contribution is 2.18. The SMILES string of the molecule is Cl.Fc1ccc(-n2cc(CN(Cc3cccnc3)Cc3cccs3)cn2)cc1. The molecular weight excluding hydrogens is 395 g/mol. The van der Waals surface area contributed by atoms with Crippen molar-refractivity contribution in [2.45, 2.75) is 19.6 Å². The number of halogens is 2. The Labute approximate surface area is 173 Å². The first-order chi connectivity index (χ1) is 13.3. The van der Waals surface area contributed by atoms with E-state index in [1.54, 1.807) is 34.3 Å². The third kappa shape index (κ3) is 5.25. The second-order valence-electron chi connectivity index (χ2n) is 6.36. The Morgan fingerprint density at radius 2 is 1.75 bits per heavy atom. The van der Waals surface area contributed by atoms with Crippen LogP contribution in [0.25, 0.3) is 5.69 Å². The fourth-order valence-electron chi connectivity index (χ4n) is 2.98. The fourth-order valence-corrected chi connectivity index (χ4v) is 3.72. The molecule has 28 heavy (non-hydrogen) atoms. The molecule has 0 aliphatic rings. The molecule has 0 fully saturated rings. The van der Waals surface area contributed by atoms with Crippen LogP contribution in [-0.2, 0) is 19.6 Å². The van der Waals surface area contributed by atoms with E-state index in [0.29, 0.717) is 0 Å². The molecule has 0 aliphatic heterocycles. The summed E-state index contributed by atoms with van der Waals surface area (Å²) in [6, 6.07) is 14.6. The summed E-state index contributed by atoms with van der Waals surface area (Å²) in [4.78, 5) is 7.92. The number of hydrogen-bond acceptors (Lipinski definition) is 4. The summed E-state index contributed by atoms with van der Waals surface area (Å²) in [6.07, 6.45) is 7.56. The molecule has 1 aromatic carbocycles. The lowest BCUT2D eigenvalue weighted by Crippen LogP contribution is -2.21. The van der Waals surface area contributed by atoms with Gasteiger partial charge in [0.2, 0.25) is 0 Å². The van der Waals surface area contributed by atoms with Crippen molar-refractivity contribution in [1.82, 2.24) is 19.7 Å². The summed E-state index contributed by atoms with van der Waals surface area (Å²) < 4.78 is 14.9. The van der Waals surface area contributed by atoms with E-state index in [4.69, 9.17) is 0 Å². The minimum absolute atomic E-state index is 0. The fraction of sp³-hybridized carbons (Fsp3) is 0.143. The maximum atomic E-state index is 13.1. The van der Waals surface area contributed by atoms with Gasteiger partial charge in [0.25, 0.3) is 0 Å². The highest BCUT2D eigenvalue weighted by Gasteiger charge is 2.11. The number of pyridine rings is 1. The number of rotatable bonds is 7. The van der Waals surface area contributed by atoms with Crippen molar-refractivity contribution in [3.8, 4) is 5.69 Å². The van der Waals surface area contributed by atoms with E-state index in [1.165, 1.54) is 22.6 Å². The van der Waals surface area contributed by atoms with Crippen LogP contribution in [0.15, 0.2) is 78.7 Å². The molecule has 0 saturated carbocycles. The van der Waals surface area contributed by atoms with Crippen LogP contribution in [0.4, 0.5) is 4.39 Å². The summed E-state index contributed by atoms with van der Waals surface area (Å²) in [7, 11) is 0. The average Bonchev–Trinajstić information content (AvgIpc) is 3.35. The monoisotopic (exact) mass is 414 g/mol. The summed E-state index contributed by atoms with van der Waals surface area (Å²) in [5.41, 5.74) is 3.14. The van der Waals surface area contributed by atoms with Gasteiger partial charge in [-0.1, -0.05) is 12.1 Å². The van der Waals surface area contributed by atoms with Crippen LogP contribution in [0.2, 0.25) is 0 Å². The van der Waals surface area contributed by atoms with Gasteiger partial charge in [0.15, 0.2) is 0 Å². The first-order valence-electron chi connectivity index (χ1n) is 8.69. The molecule has 4 rings (SSSR count). The first kappa shape index (κ1) is 20.2. The Hall–Kier alpha value is -2.54. The second kappa shape index (κ2) is 9.59. The summed E-state index contributed by atoms with van der Waals surface area (Å²) >= 11 is 1.76. The van der Waals surface area contributed by atoms with Gasteiger partial charge in [0.1, 0.15) is 5.82 Å². The lowest BCUT2D eigenvalue weighted by Gasteiger charge is -2.21. The van der Waals surface area contributed by atoms with Crippen molar-refractivity contribution < 1.29 is 4.39 Å². The van der Waals surface area contributed by atoms with E-state index in [0.717, 1.165) is 30.9 Å². The summed E-state index contributed by atoms with van der Waals surface area (Å²) in [5, 5.41) is 6.53. The van der Waals surface area contributed by atoms with Crippen molar-refractivity contribution in [1.29, 1.82) is 0 Å². The van der Waals surface area contributed by atoms with Crippen molar-refractivity contribution in [3.05, 3.63) is 101 Å². The van der Waals surface area contributed by atoms with Crippen LogP contribution < -0.4 is 0 Å². The maximum absolute atomic E-state index is 13.1. The highest BCUT2D eigenvalue weighted by molar-refractivity contribution is 7.09. The normalized spacial score (nSPS) is 10.8. The minimum atomic E-state index is -0.246. The van der Waals surface area contributed by atoms with Gasteiger partial charge < -0.3 is 0 Å². The zero-order valence-corrected chi connectivity index (χ0v) is 16.7. The van der Waals surface area contributed by atoms with Crippen molar-refractivity contribution >= 4 is 23.7 Å². The topological polar surface area (TPSA) is 34.0 Å². The molecule has 0 unspecified atom stereocenters. The van der Waals surface area contributed by atoms with Crippen LogP contribution >= 0.6 is 23.7 Å². The molecule has 0 atom stereocenters. The molecule has 0 bridgehead atoms. The molecule has 0 radical (unpaired) electrons. The summed E-state index contributed by atoms with van der Waals surface area (Å²) in [6.45, 7) is 2.45. The van der Waals surface area contributed by atoms with E-state index < -0.39 is 0 Å². The largest absolute Gasteiger partial charge is 0.290 e. The number of thiophene rings is 1. The standard InChI is InChI=1S/C21H19FN4S.ClH/c22-19-5-7-20(8-6-19)26-15-18(12-24-26)14-25(16-21-4-2-10-27-21)13-17-3-1-9-23-11-17;/h1-12,15H,13-14,16H2;1H. The molecule has 0 amide bonds. The lowest BCUT2D eigenvalue weighted by molar-refractivity contribution is 0.249. The Kier molecular flexibility index (Phi) is 6.92. The molecule has 4 nitrogen and oxygen atoms in total. The minimum Gasteiger partial charge on any atom is -0.290 e. The van der Waals surface area contributed by atoms with E-state index in [9.17, 15) is 4.39 Å². The third-order valence-electron chi connectivity index (χ3n) is 4.22. The predicted molar refractivity (Wildman–Crippen MR) is 112 cm³/mol. The molecule has 0 N–H and O–H groups in total. The van der Waals surface area contributed by atoms with Gasteiger partial charge in [-0.3, -0.25) is 9.88 Å². The predicted octanol–water partition coefficient (Wildman–Crippen LogP) is 5.09. The van der Waals surface area contributed by atoms with Gasteiger partial charge in [0.05, 0.1) is 11.9 Å². The van der Waals surface area contributed by atoms with Gasteiger partial charge in [-0.25, -0.2) is 9.07 Å². The van der Waals surface area contributed by atoms with Crippen LogP contribution in [0, 0.1) is 5.82 Å². The Balaban J connectivity index is 0.00000225. The molecular formula is C21H20ClFN4S. The Morgan fingerprint density at radius 3 is 2.46 bits per heavy atom. The molecule has 0 aliphatic carbocycles. The highest BCUT2D eigenvalue weighted by atomic mass is 35.5. The van der Waals surface area contributed by atoms with E-state index >= 15 is 0 Å². The Morgan fingerprint density at radius 1 is 0.929 bits per heavy atom. The van der Waals surface area contributed by atoms with Crippen LogP contribution in [0.3, 0.4) is 0 Å². The van der Waals surface area contributed by atoms with Crippen molar-refractivity contribution in [2.75, 3.05) is 0 Å². The van der Waals surface area contributed by atoms with Crippen LogP contribution in [-0.4, -0.2) is 19.7 Å². The average molecular weight is 415 g/mol. The van der Waals surface area contributed by atoms with Gasteiger partial charge >= 0.3 is 0 Å². The molecule has 0 saturated heterocycles. The van der Waals surface area contributed by atoms with E-state index in [1.807, 2.05) is 24.7 Å². The maximum Gasteiger partial charge on any atom is 0.123 e. The van der Waals surface area contributed by atoms with E-state index in [-0.39, 0.29) is 18.2 Å².